The van der Waals surface area contributed by atoms with Gasteiger partial charge in [-0.25, -0.2) is 0 Å². The Hall–Kier alpha value is -1.70. The minimum atomic E-state index is 0.353. The molecular weight excluding hydrogens is 212 g/mol. The maximum absolute atomic E-state index is 5.58. The molecule has 2 nitrogen and oxygen atoms in total. The molecule has 0 bridgehead atoms. The van der Waals surface area contributed by atoms with E-state index in [-0.39, 0.29) is 0 Å². The van der Waals surface area contributed by atoms with Gasteiger partial charge in [0.15, 0.2) is 11.5 Å². The average Bonchev–Trinajstić information content (AvgIpc) is 2.85. The molecule has 86 valence electrons. The number of hydrogen-bond acceptors (Lipinski definition) is 2. The lowest BCUT2D eigenvalue weighted by molar-refractivity contribution is 0.175. The molecule has 0 amide bonds. The van der Waals surface area contributed by atoms with E-state index in [4.69, 9.17) is 9.47 Å². The molecule has 4 rings (SSSR count). The molecule has 2 aromatic rings. The van der Waals surface area contributed by atoms with Crippen molar-refractivity contribution in [2.75, 3.05) is 6.79 Å². The predicted molar refractivity (Wildman–Crippen MR) is 66.7 cm³/mol. The van der Waals surface area contributed by atoms with Crippen LogP contribution >= 0.6 is 0 Å². The highest BCUT2D eigenvalue weighted by molar-refractivity contribution is 5.92. The quantitative estimate of drug-likeness (QED) is 0.685. The van der Waals surface area contributed by atoms with Crippen LogP contribution in [-0.4, -0.2) is 6.79 Å². The molecule has 17 heavy (non-hydrogen) atoms. The first-order valence-corrected chi connectivity index (χ1v) is 6.26. The number of rotatable bonds is 0. The second-order valence-corrected chi connectivity index (χ2v) is 4.85. The van der Waals surface area contributed by atoms with Gasteiger partial charge in [0.05, 0.1) is 0 Å². The molecule has 1 aliphatic carbocycles. The van der Waals surface area contributed by atoms with Crippen molar-refractivity contribution in [1.29, 1.82) is 0 Å². The Morgan fingerprint density at radius 1 is 0.882 bits per heavy atom. The van der Waals surface area contributed by atoms with E-state index < -0.39 is 0 Å². The van der Waals surface area contributed by atoms with Gasteiger partial charge in [-0.2, -0.15) is 0 Å². The third-order valence-electron chi connectivity index (χ3n) is 3.81. The lowest BCUT2D eigenvalue weighted by Gasteiger charge is -2.17. The molecule has 0 unspecified atom stereocenters. The predicted octanol–water partition coefficient (Wildman–Crippen LogP) is 3.45. The molecule has 1 heterocycles. The normalized spacial score (nSPS) is 17.2. The van der Waals surface area contributed by atoms with E-state index in [0.29, 0.717) is 6.79 Å². The molecule has 0 fully saturated rings. The molecule has 0 radical (unpaired) electrons. The molecule has 0 aromatic heterocycles. The first-order chi connectivity index (χ1) is 8.42. The van der Waals surface area contributed by atoms with E-state index in [2.05, 4.69) is 18.2 Å². The van der Waals surface area contributed by atoms with E-state index in [1.165, 1.54) is 47.6 Å². The van der Waals surface area contributed by atoms with Gasteiger partial charge in [-0.05, 0) is 54.3 Å². The van der Waals surface area contributed by atoms with Crippen LogP contribution in [0.5, 0.6) is 11.5 Å². The summed E-state index contributed by atoms with van der Waals surface area (Å²) in [5.41, 5.74) is 3.01. The third kappa shape index (κ3) is 1.33. The molecule has 0 saturated heterocycles. The SMILES string of the molecule is c1cc2cc3c(cc2c2c1OCO2)CCCC3. The Labute approximate surface area is 100 Å². The van der Waals surface area contributed by atoms with Crippen LogP contribution in [0.2, 0.25) is 0 Å². The summed E-state index contributed by atoms with van der Waals surface area (Å²) in [4.78, 5) is 0. The van der Waals surface area contributed by atoms with E-state index in [1.807, 2.05) is 6.07 Å². The zero-order valence-electron chi connectivity index (χ0n) is 9.66. The fraction of sp³-hybridized carbons (Fsp3) is 0.333. The highest BCUT2D eigenvalue weighted by Crippen LogP contribution is 2.40. The van der Waals surface area contributed by atoms with Gasteiger partial charge in [-0.1, -0.05) is 12.1 Å². The van der Waals surface area contributed by atoms with Gasteiger partial charge in [-0.15, -0.1) is 0 Å². The second-order valence-electron chi connectivity index (χ2n) is 4.85. The second kappa shape index (κ2) is 3.39. The largest absolute Gasteiger partial charge is 0.454 e. The number of benzene rings is 2. The molecule has 2 aromatic carbocycles. The Morgan fingerprint density at radius 3 is 2.59 bits per heavy atom. The number of aryl methyl sites for hydroxylation is 2. The average molecular weight is 226 g/mol. The van der Waals surface area contributed by atoms with Crippen molar-refractivity contribution in [3.8, 4) is 11.5 Å². The van der Waals surface area contributed by atoms with Gasteiger partial charge < -0.3 is 9.47 Å². The van der Waals surface area contributed by atoms with Crippen LogP contribution in [-0.2, 0) is 12.8 Å². The Morgan fingerprint density at radius 2 is 1.71 bits per heavy atom. The van der Waals surface area contributed by atoms with Crippen molar-refractivity contribution >= 4 is 10.8 Å². The minimum Gasteiger partial charge on any atom is -0.454 e. The van der Waals surface area contributed by atoms with Gasteiger partial charge in [0, 0.05) is 5.39 Å². The van der Waals surface area contributed by atoms with Gasteiger partial charge >= 0.3 is 0 Å². The third-order valence-corrected chi connectivity index (χ3v) is 3.81. The van der Waals surface area contributed by atoms with Crippen molar-refractivity contribution in [3.63, 3.8) is 0 Å². The molecule has 0 atom stereocenters. The summed E-state index contributed by atoms with van der Waals surface area (Å²) in [6, 6.07) is 8.78. The highest BCUT2D eigenvalue weighted by atomic mass is 16.7. The molecular formula is C15H14O2. The summed E-state index contributed by atoms with van der Waals surface area (Å²) in [6.07, 6.45) is 5.06. The van der Waals surface area contributed by atoms with Gasteiger partial charge in [0.1, 0.15) is 0 Å². The maximum Gasteiger partial charge on any atom is 0.231 e. The summed E-state index contributed by atoms with van der Waals surface area (Å²) in [5, 5.41) is 2.48. The zero-order chi connectivity index (χ0) is 11.2. The molecule has 2 aliphatic rings. The van der Waals surface area contributed by atoms with E-state index >= 15 is 0 Å². The molecule has 2 heteroatoms. The van der Waals surface area contributed by atoms with Crippen molar-refractivity contribution < 1.29 is 9.47 Å². The van der Waals surface area contributed by atoms with Crippen LogP contribution in [0.25, 0.3) is 10.8 Å². The van der Waals surface area contributed by atoms with Crippen LogP contribution in [0.1, 0.15) is 24.0 Å². The monoisotopic (exact) mass is 226 g/mol. The van der Waals surface area contributed by atoms with Crippen molar-refractivity contribution in [2.24, 2.45) is 0 Å². The van der Waals surface area contributed by atoms with Crippen LogP contribution in [0.4, 0.5) is 0 Å². The lowest BCUT2D eigenvalue weighted by atomic mass is 9.89. The highest BCUT2D eigenvalue weighted by Gasteiger charge is 2.18. The van der Waals surface area contributed by atoms with Crippen LogP contribution in [0, 0.1) is 0 Å². The summed E-state index contributed by atoms with van der Waals surface area (Å²) >= 11 is 0. The van der Waals surface area contributed by atoms with Gasteiger partial charge in [0.25, 0.3) is 0 Å². The van der Waals surface area contributed by atoms with Gasteiger partial charge in [0.2, 0.25) is 6.79 Å². The van der Waals surface area contributed by atoms with E-state index in [0.717, 1.165) is 11.5 Å². The molecule has 0 N–H and O–H groups in total. The molecule has 0 saturated carbocycles. The summed E-state index contributed by atoms with van der Waals surface area (Å²) in [7, 11) is 0. The Bertz CT molecular complexity index is 601. The molecule has 0 spiro atoms. The van der Waals surface area contributed by atoms with E-state index in [9.17, 15) is 0 Å². The zero-order valence-corrected chi connectivity index (χ0v) is 9.66. The van der Waals surface area contributed by atoms with Crippen LogP contribution in [0.3, 0.4) is 0 Å². The molecule has 1 aliphatic heterocycles. The summed E-state index contributed by atoms with van der Waals surface area (Å²) < 4.78 is 11.0. The first kappa shape index (κ1) is 9.34. The fourth-order valence-electron chi connectivity index (χ4n) is 2.93. The Balaban J connectivity index is 2.02. The number of fused-ring (bicyclic) bond motifs is 4. The van der Waals surface area contributed by atoms with Crippen LogP contribution in [0.15, 0.2) is 24.3 Å². The fourth-order valence-corrected chi connectivity index (χ4v) is 2.93. The summed E-state index contributed by atoms with van der Waals surface area (Å²) in [5.74, 6) is 1.81. The summed E-state index contributed by atoms with van der Waals surface area (Å²) in [6.45, 7) is 0.353. The van der Waals surface area contributed by atoms with Crippen molar-refractivity contribution in [1.82, 2.24) is 0 Å². The topological polar surface area (TPSA) is 18.5 Å². The lowest BCUT2D eigenvalue weighted by Crippen LogP contribution is -2.02. The minimum absolute atomic E-state index is 0.353. The smallest absolute Gasteiger partial charge is 0.231 e. The van der Waals surface area contributed by atoms with Crippen LogP contribution < -0.4 is 9.47 Å². The Kier molecular flexibility index (Phi) is 1.87. The number of ether oxygens (including phenoxy) is 2. The first-order valence-electron chi connectivity index (χ1n) is 6.26. The van der Waals surface area contributed by atoms with Gasteiger partial charge in [-0.3, -0.25) is 0 Å². The maximum atomic E-state index is 5.58. The van der Waals surface area contributed by atoms with Crippen molar-refractivity contribution in [3.05, 3.63) is 35.4 Å². The van der Waals surface area contributed by atoms with E-state index in [1.54, 1.807) is 0 Å². The number of hydrogen-bond donors (Lipinski definition) is 0. The standard InChI is InChI=1S/C15H14O2/c1-2-4-11-8-13-12(7-10(11)3-1)5-6-14-15(13)17-9-16-14/h5-8H,1-4,9H2. The van der Waals surface area contributed by atoms with Crippen molar-refractivity contribution in [2.45, 2.75) is 25.7 Å².